The SMILES string of the molecule is CCC1NCCN(CC(=O)N(C)C2CC2)C1=O. The fourth-order valence-corrected chi connectivity index (χ4v) is 2.21. The second kappa shape index (κ2) is 5.04. The fourth-order valence-electron chi connectivity index (χ4n) is 2.21. The number of amides is 2. The van der Waals surface area contributed by atoms with Crippen molar-refractivity contribution in [3.8, 4) is 0 Å². The monoisotopic (exact) mass is 239 g/mol. The van der Waals surface area contributed by atoms with E-state index in [1.807, 2.05) is 14.0 Å². The number of piperazine rings is 1. The molecular weight excluding hydrogens is 218 g/mol. The van der Waals surface area contributed by atoms with Crippen molar-refractivity contribution in [2.75, 3.05) is 26.7 Å². The molecule has 0 aromatic rings. The Kier molecular flexibility index (Phi) is 3.66. The number of likely N-dealkylation sites (N-methyl/N-ethyl adjacent to an activating group) is 1. The molecule has 1 saturated heterocycles. The number of hydrogen-bond acceptors (Lipinski definition) is 3. The van der Waals surface area contributed by atoms with E-state index in [1.54, 1.807) is 9.80 Å². The molecule has 1 heterocycles. The van der Waals surface area contributed by atoms with Crippen LogP contribution in [0.3, 0.4) is 0 Å². The summed E-state index contributed by atoms with van der Waals surface area (Å²) in [4.78, 5) is 27.4. The molecule has 1 atom stereocenters. The Balaban J connectivity index is 1.88. The lowest BCUT2D eigenvalue weighted by molar-refractivity contribution is -0.143. The minimum Gasteiger partial charge on any atom is -0.341 e. The molecule has 17 heavy (non-hydrogen) atoms. The minimum absolute atomic E-state index is 0.0660. The van der Waals surface area contributed by atoms with Gasteiger partial charge in [0.15, 0.2) is 0 Å². The van der Waals surface area contributed by atoms with Crippen LogP contribution >= 0.6 is 0 Å². The first-order valence-corrected chi connectivity index (χ1v) is 6.41. The summed E-state index contributed by atoms with van der Waals surface area (Å²) in [7, 11) is 1.84. The van der Waals surface area contributed by atoms with Crippen LogP contribution in [0.1, 0.15) is 26.2 Å². The van der Waals surface area contributed by atoms with E-state index in [2.05, 4.69) is 5.32 Å². The topological polar surface area (TPSA) is 52.7 Å². The van der Waals surface area contributed by atoms with Gasteiger partial charge in [0, 0.05) is 26.2 Å². The molecule has 5 nitrogen and oxygen atoms in total. The zero-order valence-electron chi connectivity index (χ0n) is 10.6. The fraction of sp³-hybridized carbons (Fsp3) is 0.833. The van der Waals surface area contributed by atoms with Gasteiger partial charge in [-0.2, -0.15) is 0 Å². The van der Waals surface area contributed by atoms with Gasteiger partial charge < -0.3 is 15.1 Å². The summed E-state index contributed by atoms with van der Waals surface area (Å²) < 4.78 is 0. The van der Waals surface area contributed by atoms with E-state index < -0.39 is 0 Å². The first kappa shape index (κ1) is 12.4. The molecule has 1 unspecified atom stereocenters. The van der Waals surface area contributed by atoms with Crippen molar-refractivity contribution in [3.05, 3.63) is 0 Å². The van der Waals surface area contributed by atoms with Gasteiger partial charge in [0.25, 0.3) is 0 Å². The van der Waals surface area contributed by atoms with Gasteiger partial charge in [-0.25, -0.2) is 0 Å². The molecule has 5 heteroatoms. The quantitative estimate of drug-likeness (QED) is 0.740. The molecule has 1 aliphatic carbocycles. The highest BCUT2D eigenvalue weighted by Crippen LogP contribution is 2.25. The molecular formula is C12H21N3O2. The molecule has 2 fully saturated rings. The van der Waals surface area contributed by atoms with Crippen LogP contribution in [0.15, 0.2) is 0 Å². The van der Waals surface area contributed by atoms with Crippen LogP contribution in [-0.4, -0.2) is 60.4 Å². The third kappa shape index (κ3) is 2.77. The van der Waals surface area contributed by atoms with Crippen molar-refractivity contribution >= 4 is 11.8 Å². The Morgan fingerprint density at radius 1 is 1.53 bits per heavy atom. The van der Waals surface area contributed by atoms with Crippen molar-refractivity contribution in [1.82, 2.24) is 15.1 Å². The van der Waals surface area contributed by atoms with Crippen LogP contribution in [0.4, 0.5) is 0 Å². The van der Waals surface area contributed by atoms with Crippen LogP contribution in [0.25, 0.3) is 0 Å². The molecule has 2 aliphatic rings. The number of carbonyl (C=O) groups is 2. The average Bonchev–Trinajstić information content (AvgIpc) is 3.15. The Labute approximate surface area is 102 Å². The third-order valence-electron chi connectivity index (χ3n) is 3.60. The summed E-state index contributed by atoms with van der Waals surface area (Å²) in [6.07, 6.45) is 2.99. The van der Waals surface area contributed by atoms with Gasteiger partial charge in [0.2, 0.25) is 11.8 Å². The zero-order valence-corrected chi connectivity index (χ0v) is 10.6. The van der Waals surface area contributed by atoms with Crippen LogP contribution in [0.2, 0.25) is 0 Å². The largest absolute Gasteiger partial charge is 0.341 e. The van der Waals surface area contributed by atoms with E-state index in [0.717, 1.165) is 25.8 Å². The van der Waals surface area contributed by atoms with E-state index in [4.69, 9.17) is 0 Å². The molecule has 2 amide bonds. The van der Waals surface area contributed by atoms with Crippen molar-refractivity contribution < 1.29 is 9.59 Å². The summed E-state index contributed by atoms with van der Waals surface area (Å²) in [6, 6.07) is 0.310. The number of nitrogens with zero attached hydrogens (tertiary/aromatic N) is 2. The van der Waals surface area contributed by atoms with Gasteiger partial charge in [0.1, 0.15) is 0 Å². The van der Waals surface area contributed by atoms with Crippen molar-refractivity contribution in [2.24, 2.45) is 0 Å². The van der Waals surface area contributed by atoms with Gasteiger partial charge in [-0.1, -0.05) is 6.92 Å². The Hall–Kier alpha value is -1.10. The summed E-state index contributed by atoms with van der Waals surface area (Å²) in [5.41, 5.74) is 0. The molecule has 0 spiro atoms. The molecule has 0 aromatic heterocycles. The predicted molar refractivity (Wildman–Crippen MR) is 64.5 cm³/mol. The average molecular weight is 239 g/mol. The van der Waals surface area contributed by atoms with Gasteiger partial charge >= 0.3 is 0 Å². The lowest BCUT2D eigenvalue weighted by Gasteiger charge is -2.33. The summed E-state index contributed by atoms with van der Waals surface area (Å²) in [5, 5.41) is 3.17. The lowest BCUT2D eigenvalue weighted by atomic mass is 10.1. The van der Waals surface area contributed by atoms with Gasteiger partial charge in [-0.15, -0.1) is 0 Å². The highest BCUT2D eigenvalue weighted by Gasteiger charge is 2.33. The number of nitrogens with one attached hydrogen (secondary N) is 1. The van der Waals surface area contributed by atoms with Gasteiger partial charge in [-0.05, 0) is 19.3 Å². The van der Waals surface area contributed by atoms with Crippen molar-refractivity contribution in [1.29, 1.82) is 0 Å². The lowest BCUT2D eigenvalue weighted by Crippen LogP contribution is -2.56. The molecule has 0 aromatic carbocycles. The third-order valence-corrected chi connectivity index (χ3v) is 3.60. The maximum absolute atomic E-state index is 12.0. The molecule has 0 bridgehead atoms. The number of carbonyl (C=O) groups excluding carboxylic acids is 2. The van der Waals surface area contributed by atoms with Crippen LogP contribution in [0.5, 0.6) is 0 Å². The van der Waals surface area contributed by atoms with Crippen molar-refractivity contribution in [3.63, 3.8) is 0 Å². The molecule has 1 aliphatic heterocycles. The van der Waals surface area contributed by atoms with E-state index >= 15 is 0 Å². The summed E-state index contributed by atoms with van der Waals surface area (Å²) in [6.45, 7) is 3.64. The first-order chi connectivity index (χ1) is 8.13. The molecule has 2 rings (SSSR count). The smallest absolute Gasteiger partial charge is 0.242 e. The number of hydrogen-bond donors (Lipinski definition) is 1. The highest BCUT2D eigenvalue weighted by atomic mass is 16.2. The molecule has 0 radical (unpaired) electrons. The van der Waals surface area contributed by atoms with E-state index in [0.29, 0.717) is 12.6 Å². The number of rotatable bonds is 4. The summed E-state index contributed by atoms with van der Waals surface area (Å²) in [5.74, 6) is 0.133. The Morgan fingerprint density at radius 3 is 2.82 bits per heavy atom. The second-order valence-corrected chi connectivity index (χ2v) is 4.91. The molecule has 1 saturated carbocycles. The predicted octanol–water partition coefficient (Wildman–Crippen LogP) is -0.182. The molecule has 96 valence electrons. The maximum atomic E-state index is 12.0. The Bertz CT molecular complexity index is 315. The Morgan fingerprint density at radius 2 is 2.24 bits per heavy atom. The van der Waals surface area contributed by atoms with Crippen LogP contribution in [-0.2, 0) is 9.59 Å². The van der Waals surface area contributed by atoms with E-state index in [1.165, 1.54) is 0 Å². The van der Waals surface area contributed by atoms with Crippen LogP contribution < -0.4 is 5.32 Å². The standard InChI is InChI=1S/C12H21N3O2/c1-3-10-12(17)15(7-6-13-10)8-11(16)14(2)9-4-5-9/h9-10,13H,3-8H2,1-2H3. The van der Waals surface area contributed by atoms with Gasteiger partial charge in [-0.3, -0.25) is 9.59 Å². The normalized spacial score (nSPS) is 24.9. The van der Waals surface area contributed by atoms with E-state index in [-0.39, 0.29) is 24.4 Å². The zero-order chi connectivity index (χ0) is 12.4. The van der Waals surface area contributed by atoms with Crippen LogP contribution in [0, 0.1) is 0 Å². The maximum Gasteiger partial charge on any atom is 0.242 e. The summed E-state index contributed by atoms with van der Waals surface area (Å²) >= 11 is 0. The van der Waals surface area contributed by atoms with E-state index in [9.17, 15) is 9.59 Å². The highest BCUT2D eigenvalue weighted by molar-refractivity contribution is 5.88. The second-order valence-electron chi connectivity index (χ2n) is 4.91. The van der Waals surface area contributed by atoms with Crippen molar-refractivity contribution in [2.45, 2.75) is 38.3 Å². The van der Waals surface area contributed by atoms with Gasteiger partial charge in [0.05, 0.1) is 12.6 Å². The first-order valence-electron chi connectivity index (χ1n) is 6.41. The molecule has 1 N–H and O–H groups in total. The minimum atomic E-state index is -0.109.